The van der Waals surface area contributed by atoms with Crippen molar-refractivity contribution < 1.29 is 4.42 Å². The summed E-state index contributed by atoms with van der Waals surface area (Å²) in [5, 5.41) is 7.07. The number of benzene rings is 1. The Balaban J connectivity index is 1.71. The Bertz CT molecular complexity index is 564. The standard InChI is InChI=1S/C16H20N2OS/c1-12-7-8-14(11-13(12)2)18-16(20)17-9-3-5-15-6-4-10-19-15/h4,6-8,10-11H,3,5,9H2,1-2H3,(H2,17,18,20). The lowest BCUT2D eigenvalue weighted by atomic mass is 10.1. The highest BCUT2D eigenvalue weighted by molar-refractivity contribution is 7.80. The first-order chi connectivity index (χ1) is 9.65. The number of nitrogens with one attached hydrogen (secondary N) is 2. The third kappa shape index (κ3) is 4.38. The lowest BCUT2D eigenvalue weighted by Gasteiger charge is -2.11. The van der Waals surface area contributed by atoms with Crippen LogP contribution in [0.2, 0.25) is 0 Å². The van der Waals surface area contributed by atoms with E-state index >= 15 is 0 Å². The first kappa shape index (κ1) is 14.6. The van der Waals surface area contributed by atoms with Crippen molar-refractivity contribution in [3.63, 3.8) is 0 Å². The molecule has 0 saturated carbocycles. The second-order valence-electron chi connectivity index (χ2n) is 4.86. The molecule has 2 rings (SSSR count). The third-order valence-electron chi connectivity index (χ3n) is 3.23. The Hall–Kier alpha value is -1.81. The molecule has 2 N–H and O–H groups in total. The molecule has 1 heterocycles. The molecule has 1 aromatic carbocycles. The highest BCUT2D eigenvalue weighted by atomic mass is 32.1. The van der Waals surface area contributed by atoms with E-state index in [2.05, 4.69) is 36.6 Å². The van der Waals surface area contributed by atoms with Crippen molar-refractivity contribution in [3.05, 3.63) is 53.5 Å². The van der Waals surface area contributed by atoms with Crippen LogP contribution in [0, 0.1) is 13.8 Å². The van der Waals surface area contributed by atoms with Crippen molar-refractivity contribution in [1.29, 1.82) is 0 Å². The van der Waals surface area contributed by atoms with Gasteiger partial charge in [0.15, 0.2) is 5.11 Å². The zero-order valence-corrected chi connectivity index (χ0v) is 12.7. The number of aryl methyl sites for hydroxylation is 3. The SMILES string of the molecule is Cc1ccc(NC(=S)NCCCc2ccco2)cc1C. The van der Waals surface area contributed by atoms with Crippen molar-refractivity contribution in [3.8, 4) is 0 Å². The van der Waals surface area contributed by atoms with Crippen LogP contribution < -0.4 is 10.6 Å². The number of hydrogen-bond donors (Lipinski definition) is 2. The molecule has 0 aliphatic heterocycles. The van der Waals surface area contributed by atoms with Crippen molar-refractivity contribution in [2.24, 2.45) is 0 Å². The Kier molecular flexibility index (Phi) is 5.18. The van der Waals surface area contributed by atoms with Gasteiger partial charge in [-0.15, -0.1) is 0 Å². The maximum Gasteiger partial charge on any atom is 0.170 e. The third-order valence-corrected chi connectivity index (χ3v) is 3.48. The minimum absolute atomic E-state index is 0.660. The van der Waals surface area contributed by atoms with Gasteiger partial charge >= 0.3 is 0 Å². The molecule has 0 atom stereocenters. The van der Waals surface area contributed by atoms with Crippen LogP contribution in [0.4, 0.5) is 5.69 Å². The second-order valence-corrected chi connectivity index (χ2v) is 5.27. The summed E-state index contributed by atoms with van der Waals surface area (Å²) in [6.07, 6.45) is 3.61. The van der Waals surface area contributed by atoms with Gasteiger partial charge in [0.1, 0.15) is 5.76 Å². The van der Waals surface area contributed by atoms with Gasteiger partial charge in [0.05, 0.1) is 6.26 Å². The monoisotopic (exact) mass is 288 g/mol. The predicted molar refractivity (Wildman–Crippen MR) is 87.2 cm³/mol. The van der Waals surface area contributed by atoms with E-state index in [1.807, 2.05) is 18.2 Å². The lowest BCUT2D eigenvalue weighted by Crippen LogP contribution is -2.29. The van der Waals surface area contributed by atoms with E-state index in [4.69, 9.17) is 16.6 Å². The van der Waals surface area contributed by atoms with E-state index in [0.29, 0.717) is 5.11 Å². The molecule has 0 radical (unpaired) electrons. The van der Waals surface area contributed by atoms with Gasteiger partial charge in [-0.1, -0.05) is 6.07 Å². The lowest BCUT2D eigenvalue weighted by molar-refractivity contribution is 0.501. The molecule has 0 fully saturated rings. The first-order valence-corrected chi connectivity index (χ1v) is 7.20. The fourth-order valence-electron chi connectivity index (χ4n) is 1.91. The maximum absolute atomic E-state index is 5.28. The van der Waals surface area contributed by atoms with Crippen molar-refractivity contribution in [1.82, 2.24) is 5.32 Å². The quantitative estimate of drug-likeness (QED) is 0.648. The Morgan fingerprint density at radius 3 is 2.75 bits per heavy atom. The fourth-order valence-corrected chi connectivity index (χ4v) is 2.13. The van der Waals surface area contributed by atoms with Gasteiger partial charge in [-0.2, -0.15) is 0 Å². The van der Waals surface area contributed by atoms with Crippen LogP contribution in [0.25, 0.3) is 0 Å². The smallest absolute Gasteiger partial charge is 0.170 e. The predicted octanol–water partition coefficient (Wildman–Crippen LogP) is 3.82. The van der Waals surface area contributed by atoms with E-state index in [1.165, 1.54) is 11.1 Å². The minimum atomic E-state index is 0.660. The van der Waals surface area contributed by atoms with Gasteiger partial charge in [0.25, 0.3) is 0 Å². The molecule has 1 aromatic heterocycles. The van der Waals surface area contributed by atoms with Gasteiger partial charge in [-0.25, -0.2) is 0 Å². The maximum atomic E-state index is 5.28. The van der Waals surface area contributed by atoms with Gasteiger partial charge in [-0.3, -0.25) is 0 Å². The summed E-state index contributed by atoms with van der Waals surface area (Å²) in [6.45, 7) is 5.03. The molecule has 2 aromatic rings. The van der Waals surface area contributed by atoms with Crippen molar-refractivity contribution in [2.45, 2.75) is 26.7 Å². The van der Waals surface area contributed by atoms with Gasteiger partial charge in [-0.05, 0) is 67.9 Å². The summed E-state index contributed by atoms with van der Waals surface area (Å²) in [7, 11) is 0. The largest absolute Gasteiger partial charge is 0.469 e. The molecular weight excluding hydrogens is 268 g/mol. The van der Waals surface area contributed by atoms with Gasteiger partial charge in [0.2, 0.25) is 0 Å². The topological polar surface area (TPSA) is 37.2 Å². The Labute approximate surface area is 125 Å². The van der Waals surface area contributed by atoms with E-state index in [-0.39, 0.29) is 0 Å². The number of anilines is 1. The molecule has 0 saturated heterocycles. The molecular formula is C16H20N2OS. The van der Waals surface area contributed by atoms with Crippen molar-refractivity contribution in [2.75, 3.05) is 11.9 Å². The van der Waals surface area contributed by atoms with E-state index in [9.17, 15) is 0 Å². The summed E-state index contributed by atoms with van der Waals surface area (Å²) >= 11 is 5.28. The number of furan rings is 1. The number of hydrogen-bond acceptors (Lipinski definition) is 2. The number of thiocarbonyl (C=S) groups is 1. The zero-order valence-electron chi connectivity index (χ0n) is 11.9. The molecule has 0 aliphatic rings. The summed E-state index contributed by atoms with van der Waals surface area (Å²) < 4.78 is 5.28. The highest BCUT2D eigenvalue weighted by Gasteiger charge is 2.00. The van der Waals surface area contributed by atoms with Crippen LogP contribution in [0.3, 0.4) is 0 Å². The normalized spacial score (nSPS) is 10.3. The first-order valence-electron chi connectivity index (χ1n) is 6.79. The van der Waals surface area contributed by atoms with Crippen LogP contribution in [0.15, 0.2) is 41.0 Å². The molecule has 0 bridgehead atoms. The molecule has 0 unspecified atom stereocenters. The second kappa shape index (κ2) is 7.10. The fraction of sp³-hybridized carbons (Fsp3) is 0.312. The summed E-state index contributed by atoms with van der Waals surface area (Å²) in [5.74, 6) is 1.01. The average Bonchev–Trinajstić information content (AvgIpc) is 2.92. The average molecular weight is 288 g/mol. The molecule has 0 amide bonds. The summed E-state index contributed by atoms with van der Waals surface area (Å²) in [5.41, 5.74) is 3.57. The molecule has 3 nitrogen and oxygen atoms in total. The van der Waals surface area contributed by atoms with Crippen LogP contribution in [-0.2, 0) is 6.42 Å². The van der Waals surface area contributed by atoms with Gasteiger partial charge in [0, 0.05) is 18.7 Å². The molecule has 4 heteroatoms. The Morgan fingerprint density at radius 1 is 1.20 bits per heavy atom. The minimum Gasteiger partial charge on any atom is -0.469 e. The summed E-state index contributed by atoms with van der Waals surface area (Å²) in [4.78, 5) is 0. The van der Waals surface area contributed by atoms with E-state index < -0.39 is 0 Å². The van der Waals surface area contributed by atoms with Crippen LogP contribution >= 0.6 is 12.2 Å². The van der Waals surface area contributed by atoms with E-state index in [0.717, 1.165) is 30.8 Å². The van der Waals surface area contributed by atoms with Crippen molar-refractivity contribution >= 4 is 23.0 Å². The molecule has 0 aliphatic carbocycles. The van der Waals surface area contributed by atoms with Gasteiger partial charge < -0.3 is 15.1 Å². The molecule has 0 spiro atoms. The zero-order chi connectivity index (χ0) is 14.4. The van der Waals surface area contributed by atoms with Crippen LogP contribution in [0.1, 0.15) is 23.3 Å². The number of rotatable bonds is 5. The van der Waals surface area contributed by atoms with Crippen LogP contribution in [-0.4, -0.2) is 11.7 Å². The molecule has 20 heavy (non-hydrogen) atoms. The molecule has 106 valence electrons. The van der Waals surface area contributed by atoms with E-state index in [1.54, 1.807) is 6.26 Å². The highest BCUT2D eigenvalue weighted by Crippen LogP contribution is 2.13. The van der Waals surface area contributed by atoms with Crippen LogP contribution in [0.5, 0.6) is 0 Å². The Morgan fingerprint density at radius 2 is 2.05 bits per heavy atom. The summed E-state index contributed by atoms with van der Waals surface area (Å²) in [6, 6.07) is 10.1.